The van der Waals surface area contributed by atoms with Gasteiger partial charge in [0.1, 0.15) is 0 Å². The first-order valence-corrected chi connectivity index (χ1v) is 19.5. The van der Waals surface area contributed by atoms with E-state index >= 15 is 0 Å². The van der Waals surface area contributed by atoms with E-state index in [1.54, 1.807) is 0 Å². The second kappa shape index (κ2) is 13.9. The van der Waals surface area contributed by atoms with Crippen molar-refractivity contribution < 1.29 is 0 Å². The third-order valence-electron chi connectivity index (χ3n) is 11.6. The average Bonchev–Trinajstić information content (AvgIpc) is 3.58. The zero-order valence-electron chi connectivity index (χ0n) is 30.4. The van der Waals surface area contributed by atoms with E-state index in [-0.39, 0.29) is 0 Å². The summed E-state index contributed by atoms with van der Waals surface area (Å²) in [5.41, 5.74) is 13.4. The first-order valence-electron chi connectivity index (χ1n) is 19.5. The van der Waals surface area contributed by atoms with Crippen molar-refractivity contribution in [1.29, 1.82) is 0 Å². The minimum Gasteiger partial charge on any atom is -0.310 e. The Balaban J connectivity index is 1.21. The summed E-state index contributed by atoms with van der Waals surface area (Å²) in [6.07, 6.45) is 6.51. The second-order valence-electron chi connectivity index (χ2n) is 14.7. The van der Waals surface area contributed by atoms with Gasteiger partial charge in [-0.05, 0) is 100 Å². The van der Waals surface area contributed by atoms with E-state index in [0.717, 1.165) is 22.7 Å². The summed E-state index contributed by atoms with van der Waals surface area (Å²) in [5, 5.41) is 5.22. The molecule has 260 valence electrons. The van der Waals surface area contributed by atoms with Crippen molar-refractivity contribution in [2.24, 2.45) is 0 Å². The molecule has 54 heavy (non-hydrogen) atoms. The fourth-order valence-corrected chi connectivity index (χ4v) is 9.06. The van der Waals surface area contributed by atoms with Gasteiger partial charge in [-0.2, -0.15) is 0 Å². The van der Waals surface area contributed by atoms with Crippen molar-refractivity contribution in [2.75, 3.05) is 4.90 Å². The van der Waals surface area contributed by atoms with Gasteiger partial charge in [-0.15, -0.1) is 0 Å². The zero-order chi connectivity index (χ0) is 35.8. The largest absolute Gasteiger partial charge is 0.310 e. The molecule has 0 aliphatic heterocycles. The summed E-state index contributed by atoms with van der Waals surface area (Å²) in [6.45, 7) is 0. The van der Waals surface area contributed by atoms with Gasteiger partial charge in [-0.3, -0.25) is 0 Å². The summed E-state index contributed by atoms with van der Waals surface area (Å²) in [6, 6.07) is 69.2. The van der Waals surface area contributed by atoms with Crippen LogP contribution in [0.25, 0.3) is 60.5 Å². The van der Waals surface area contributed by atoms with E-state index in [1.807, 2.05) is 0 Å². The Morgan fingerprint density at radius 1 is 0.444 bits per heavy atom. The molecule has 0 radical (unpaired) electrons. The van der Waals surface area contributed by atoms with Crippen molar-refractivity contribution in [2.45, 2.75) is 38.0 Å². The molecule has 1 aliphatic carbocycles. The molecule has 0 atom stereocenters. The van der Waals surface area contributed by atoms with Gasteiger partial charge in [0.15, 0.2) is 0 Å². The van der Waals surface area contributed by atoms with E-state index in [0.29, 0.717) is 5.92 Å². The van der Waals surface area contributed by atoms with Gasteiger partial charge >= 0.3 is 0 Å². The van der Waals surface area contributed by atoms with Gasteiger partial charge < -0.3 is 9.47 Å². The highest BCUT2D eigenvalue weighted by Crippen LogP contribution is 2.47. The van der Waals surface area contributed by atoms with Gasteiger partial charge in [0.2, 0.25) is 0 Å². The molecule has 0 spiro atoms. The summed E-state index contributed by atoms with van der Waals surface area (Å²) in [4.78, 5) is 2.47. The van der Waals surface area contributed by atoms with Crippen molar-refractivity contribution in [3.8, 4) is 27.9 Å². The molecule has 1 aromatic heterocycles. The molecular formula is C52H42N2. The Hall–Kier alpha value is -6.38. The van der Waals surface area contributed by atoms with Crippen LogP contribution >= 0.6 is 0 Å². The molecule has 0 unspecified atom stereocenters. The van der Waals surface area contributed by atoms with Crippen LogP contribution in [0.4, 0.5) is 17.1 Å². The topological polar surface area (TPSA) is 8.17 Å². The van der Waals surface area contributed by atoms with E-state index in [2.05, 4.69) is 198 Å². The predicted octanol–water partition coefficient (Wildman–Crippen LogP) is 14.8. The first-order chi connectivity index (χ1) is 26.8. The van der Waals surface area contributed by atoms with Gasteiger partial charge in [0.25, 0.3) is 0 Å². The number of aromatic nitrogens is 1. The summed E-state index contributed by atoms with van der Waals surface area (Å²) < 4.78 is 2.41. The summed E-state index contributed by atoms with van der Waals surface area (Å²) in [5.74, 6) is 0.597. The summed E-state index contributed by atoms with van der Waals surface area (Å²) >= 11 is 0. The maximum atomic E-state index is 2.47. The Morgan fingerprint density at radius 3 is 1.89 bits per heavy atom. The molecule has 2 nitrogen and oxygen atoms in total. The predicted molar refractivity (Wildman–Crippen MR) is 230 cm³/mol. The van der Waals surface area contributed by atoms with Gasteiger partial charge in [-0.1, -0.05) is 159 Å². The normalized spacial score (nSPS) is 13.5. The minimum absolute atomic E-state index is 0.597. The highest BCUT2D eigenvalue weighted by Gasteiger charge is 2.23. The number of para-hydroxylation sites is 3. The Kier molecular flexibility index (Phi) is 8.30. The lowest BCUT2D eigenvalue weighted by molar-refractivity contribution is 0.445. The molecule has 8 aromatic carbocycles. The van der Waals surface area contributed by atoms with Gasteiger partial charge in [0.05, 0.1) is 16.7 Å². The van der Waals surface area contributed by atoms with Crippen molar-refractivity contribution in [3.63, 3.8) is 0 Å². The molecule has 2 heteroatoms. The van der Waals surface area contributed by atoms with Crippen molar-refractivity contribution in [3.05, 3.63) is 194 Å². The maximum absolute atomic E-state index is 2.47. The van der Waals surface area contributed by atoms with Crippen LogP contribution in [-0.2, 0) is 0 Å². The lowest BCUT2D eigenvalue weighted by atomic mass is 9.80. The monoisotopic (exact) mass is 694 g/mol. The third-order valence-corrected chi connectivity index (χ3v) is 11.6. The number of rotatable bonds is 7. The molecule has 1 aliphatic rings. The van der Waals surface area contributed by atoms with Crippen molar-refractivity contribution in [1.82, 2.24) is 4.57 Å². The minimum atomic E-state index is 0.597. The van der Waals surface area contributed by atoms with Crippen LogP contribution in [0.1, 0.15) is 43.6 Å². The quantitative estimate of drug-likeness (QED) is 0.161. The fourth-order valence-electron chi connectivity index (χ4n) is 9.06. The molecule has 0 bridgehead atoms. The number of hydrogen-bond acceptors (Lipinski definition) is 1. The van der Waals surface area contributed by atoms with Crippen LogP contribution < -0.4 is 4.90 Å². The van der Waals surface area contributed by atoms with Gasteiger partial charge in [-0.25, -0.2) is 0 Å². The molecule has 1 fully saturated rings. The van der Waals surface area contributed by atoms with Crippen LogP contribution in [0.3, 0.4) is 0 Å². The lowest BCUT2D eigenvalue weighted by Gasteiger charge is -2.29. The fraction of sp³-hybridized carbons (Fsp3) is 0.115. The molecule has 9 aromatic rings. The van der Waals surface area contributed by atoms with E-state index in [1.165, 1.54) is 92.5 Å². The van der Waals surface area contributed by atoms with Crippen LogP contribution in [0.2, 0.25) is 0 Å². The smallest absolute Gasteiger partial charge is 0.0561 e. The lowest BCUT2D eigenvalue weighted by Crippen LogP contribution is -2.12. The van der Waals surface area contributed by atoms with E-state index in [9.17, 15) is 0 Å². The maximum Gasteiger partial charge on any atom is 0.0561 e. The molecule has 0 saturated heterocycles. The van der Waals surface area contributed by atoms with E-state index < -0.39 is 0 Å². The molecular weight excluding hydrogens is 653 g/mol. The Morgan fingerprint density at radius 2 is 1.07 bits per heavy atom. The number of hydrogen-bond donors (Lipinski definition) is 0. The Bertz CT molecular complexity index is 2730. The number of fused-ring (bicyclic) bond motifs is 4. The zero-order valence-corrected chi connectivity index (χ0v) is 30.4. The third kappa shape index (κ3) is 5.67. The second-order valence-corrected chi connectivity index (χ2v) is 14.7. The number of benzene rings is 8. The molecule has 1 heterocycles. The summed E-state index contributed by atoms with van der Waals surface area (Å²) in [7, 11) is 0. The van der Waals surface area contributed by atoms with Crippen LogP contribution in [0.15, 0.2) is 188 Å². The molecule has 10 rings (SSSR count). The van der Waals surface area contributed by atoms with Crippen molar-refractivity contribution >= 4 is 49.6 Å². The first kappa shape index (κ1) is 32.3. The average molecular weight is 695 g/mol. The molecule has 0 N–H and O–H groups in total. The Labute approximate surface area is 317 Å². The number of nitrogens with zero attached hydrogens (tertiary/aromatic N) is 2. The standard InChI is InChI=1S/C52H42N2/c1-4-16-37(17-5-1)38-30-32-42(33-31-38)53(43-34-35-47-45-24-10-13-29-50(45)54(51(47)36-43)41-22-8-3-9-23-41)49-28-12-11-25-46(49)48-27-15-21-40-20-14-26-44(52(40)48)39-18-6-2-7-19-39/h1,3-5,8-17,20-36,39H,2,6-7,18-19H2. The highest BCUT2D eigenvalue weighted by molar-refractivity contribution is 6.11. The van der Waals surface area contributed by atoms with Crippen LogP contribution in [-0.4, -0.2) is 4.57 Å². The van der Waals surface area contributed by atoms with Crippen LogP contribution in [0, 0.1) is 0 Å². The highest BCUT2D eigenvalue weighted by atomic mass is 15.1. The molecule has 0 amide bonds. The SMILES string of the molecule is c1ccc(-c2ccc(N(c3ccc4c5ccccc5n(-c5ccccc5)c4c3)c3ccccc3-c3cccc4cccc(C5CCCCC5)c34)cc2)cc1. The van der Waals surface area contributed by atoms with Gasteiger partial charge in [0, 0.05) is 33.4 Å². The number of anilines is 3. The molecule has 1 saturated carbocycles. The van der Waals surface area contributed by atoms with Crippen LogP contribution in [0.5, 0.6) is 0 Å². The van der Waals surface area contributed by atoms with E-state index in [4.69, 9.17) is 0 Å².